The first-order chi connectivity index (χ1) is 8.61. The van der Waals surface area contributed by atoms with Crippen molar-refractivity contribution in [2.45, 2.75) is 6.10 Å². The molecule has 0 spiro atoms. The number of halogens is 2. The standard InChI is InChI=1S/C14H9ClFNO/c15-11-4-5-12(13(16)7-11)14(18)10-3-1-2-9(6-10)8-17/h1-7,14,18H. The van der Waals surface area contributed by atoms with Crippen LogP contribution in [0.5, 0.6) is 0 Å². The van der Waals surface area contributed by atoms with Crippen LogP contribution in [0.4, 0.5) is 4.39 Å². The second-order valence-electron chi connectivity index (χ2n) is 3.81. The Kier molecular flexibility index (Phi) is 3.61. The van der Waals surface area contributed by atoms with Gasteiger partial charge in [-0.3, -0.25) is 0 Å². The molecule has 0 aliphatic rings. The van der Waals surface area contributed by atoms with Crippen LogP contribution < -0.4 is 0 Å². The molecule has 1 atom stereocenters. The van der Waals surface area contributed by atoms with Crippen molar-refractivity contribution in [3.05, 3.63) is 70.0 Å². The van der Waals surface area contributed by atoms with Crippen LogP contribution in [-0.4, -0.2) is 5.11 Å². The van der Waals surface area contributed by atoms with Gasteiger partial charge >= 0.3 is 0 Å². The molecule has 4 heteroatoms. The summed E-state index contributed by atoms with van der Waals surface area (Å²) in [6.45, 7) is 0. The molecule has 90 valence electrons. The summed E-state index contributed by atoms with van der Waals surface area (Å²) in [4.78, 5) is 0. The van der Waals surface area contributed by atoms with E-state index in [-0.39, 0.29) is 10.6 Å². The topological polar surface area (TPSA) is 44.0 Å². The average Bonchev–Trinajstić information content (AvgIpc) is 2.38. The summed E-state index contributed by atoms with van der Waals surface area (Å²) in [5.41, 5.74) is 1.02. The van der Waals surface area contributed by atoms with Crippen LogP contribution >= 0.6 is 11.6 Å². The highest BCUT2D eigenvalue weighted by Gasteiger charge is 2.15. The minimum Gasteiger partial charge on any atom is -0.384 e. The van der Waals surface area contributed by atoms with E-state index in [2.05, 4.69) is 0 Å². The molecule has 0 radical (unpaired) electrons. The van der Waals surface area contributed by atoms with E-state index in [1.54, 1.807) is 18.2 Å². The fourth-order valence-corrected chi connectivity index (χ4v) is 1.84. The Hall–Kier alpha value is -1.89. The van der Waals surface area contributed by atoms with E-state index in [0.717, 1.165) is 6.07 Å². The molecule has 18 heavy (non-hydrogen) atoms. The molecule has 0 amide bonds. The van der Waals surface area contributed by atoms with Crippen molar-refractivity contribution in [2.75, 3.05) is 0 Å². The summed E-state index contributed by atoms with van der Waals surface area (Å²) >= 11 is 5.65. The van der Waals surface area contributed by atoms with E-state index in [1.807, 2.05) is 6.07 Å². The summed E-state index contributed by atoms with van der Waals surface area (Å²) in [5.74, 6) is -0.572. The summed E-state index contributed by atoms with van der Waals surface area (Å²) in [7, 11) is 0. The molecule has 0 aliphatic carbocycles. The van der Waals surface area contributed by atoms with E-state index in [9.17, 15) is 9.50 Å². The Labute approximate surface area is 109 Å². The zero-order valence-electron chi connectivity index (χ0n) is 9.27. The number of nitrogens with zero attached hydrogens (tertiary/aromatic N) is 1. The minimum absolute atomic E-state index is 0.134. The second-order valence-corrected chi connectivity index (χ2v) is 4.24. The third kappa shape index (κ3) is 2.51. The number of nitriles is 1. The largest absolute Gasteiger partial charge is 0.384 e. The predicted octanol–water partition coefficient (Wildman–Crippen LogP) is 3.43. The normalized spacial score (nSPS) is 11.9. The van der Waals surface area contributed by atoms with E-state index in [0.29, 0.717) is 11.1 Å². The molecule has 0 fully saturated rings. The summed E-state index contributed by atoms with van der Waals surface area (Å²) in [6.07, 6.45) is -1.12. The number of hydrogen-bond acceptors (Lipinski definition) is 2. The van der Waals surface area contributed by atoms with Crippen molar-refractivity contribution >= 4 is 11.6 Å². The Morgan fingerprint density at radius 3 is 2.67 bits per heavy atom. The van der Waals surface area contributed by atoms with Gasteiger partial charge in [-0.05, 0) is 29.8 Å². The van der Waals surface area contributed by atoms with Crippen molar-refractivity contribution in [2.24, 2.45) is 0 Å². The fourth-order valence-electron chi connectivity index (χ4n) is 1.68. The lowest BCUT2D eigenvalue weighted by molar-refractivity contribution is 0.215. The van der Waals surface area contributed by atoms with Gasteiger partial charge < -0.3 is 5.11 Å². The molecular formula is C14H9ClFNO. The van der Waals surface area contributed by atoms with Gasteiger partial charge in [-0.1, -0.05) is 29.8 Å². The van der Waals surface area contributed by atoms with Crippen LogP contribution in [0, 0.1) is 17.1 Å². The first-order valence-electron chi connectivity index (χ1n) is 5.25. The number of aliphatic hydroxyl groups is 1. The number of benzene rings is 2. The van der Waals surface area contributed by atoms with Gasteiger partial charge in [0.05, 0.1) is 11.6 Å². The third-order valence-corrected chi connectivity index (χ3v) is 2.82. The SMILES string of the molecule is N#Cc1cccc(C(O)c2ccc(Cl)cc2F)c1. The van der Waals surface area contributed by atoms with Crippen LogP contribution in [0.3, 0.4) is 0 Å². The maximum atomic E-state index is 13.7. The third-order valence-electron chi connectivity index (χ3n) is 2.59. The molecule has 0 aromatic heterocycles. The van der Waals surface area contributed by atoms with Crippen LogP contribution in [0.2, 0.25) is 5.02 Å². The lowest BCUT2D eigenvalue weighted by atomic mass is 9.99. The maximum Gasteiger partial charge on any atom is 0.130 e. The maximum absolute atomic E-state index is 13.7. The highest BCUT2D eigenvalue weighted by molar-refractivity contribution is 6.30. The summed E-state index contributed by atoms with van der Waals surface area (Å²) < 4.78 is 13.7. The Morgan fingerprint density at radius 2 is 2.00 bits per heavy atom. The first kappa shape index (κ1) is 12.6. The van der Waals surface area contributed by atoms with Crippen molar-refractivity contribution in [1.82, 2.24) is 0 Å². The first-order valence-corrected chi connectivity index (χ1v) is 5.62. The second kappa shape index (κ2) is 5.18. The smallest absolute Gasteiger partial charge is 0.130 e. The molecule has 2 aromatic carbocycles. The van der Waals surface area contributed by atoms with E-state index in [4.69, 9.17) is 16.9 Å². The summed E-state index contributed by atoms with van der Waals surface area (Å²) in [5, 5.41) is 19.1. The molecule has 0 saturated carbocycles. The molecule has 2 aromatic rings. The summed E-state index contributed by atoms with van der Waals surface area (Å²) in [6, 6.07) is 12.5. The number of aliphatic hydroxyl groups excluding tert-OH is 1. The molecule has 0 heterocycles. The quantitative estimate of drug-likeness (QED) is 0.900. The number of rotatable bonds is 2. The van der Waals surface area contributed by atoms with Crippen molar-refractivity contribution in [1.29, 1.82) is 5.26 Å². The Bertz CT molecular complexity index is 621. The molecule has 1 N–H and O–H groups in total. The minimum atomic E-state index is -1.12. The van der Waals surface area contributed by atoms with Gasteiger partial charge in [0.1, 0.15) is 11.9 Å². The molecule has 0 saturated heterocycles. The Balaban J connectivity index is 2.41. The van der Waals surface area contributed by atoms with Gasteiger partial charge in [0.25, 0.3) is 0 Å². The predicted molar refractivity (Wildman–Crippen MR) is 66.6 cm³/mol. The van der Waals surface area contributed by atoms with Gasteiger partial charge in [0, 0.05) is 10.6 Å². The molecule has 2 nitrogen and oxygen atoms in total. The van der Waals surface area contributed by atoms with Crippen molar-refractivity contribution < 1.29 is 9.50 Å². The van der Waals surface area contributed by atoms with Crippen molar-refractivity contribution in [3.63, 3.8) is 0 Å². The van der Waals surface area contributed by atoms with E-state index in [1.165, 1.54) is 18.2 Å². The highest BCUT2D eigenvalue weighted by atomic mass is 35.5. The lowest BCUT2D eigenvalue weighted by Crippen LogP contribution is -2.02. The van der Waals surface area contributed by atoms with Gasteiger partial charge in [0.2, 0.25) is 0 Å². The van der Waals surface area contributed by atoms with Crippen LogP contribution in [-0.2, 0) is 0 Å². The van der Waals surface area contributed by atoms with Gasteiger partial charge in [-0.25, -0.2) is 4.39 Å². The molecule has 0 bridgehead atoms. The zero-order valence-corrected chi connectivity index (χ0v) is 10.0. The highest BCUT2D eigenvalue weighted by Crippen LogP contribution is 2.26. The molecule has 1 unspecified atom stereocenters. The van der Waals surface area contributed by atoms with Crippen molar-refractivity contribution in [3.8, 4) is 6.07 Å². The van der Waals surface area contributed by atoms with Crippen LogP contribution in [0.15, 0.2) is 42.5 Å². The van der Waals surface area contributed by atoms with Gasteiger partial charge in [0.15, 0.2) is 0 Å². The fraction of sp³-hybridized carbons (Fsp3) is 0.0714. The molecular weight excluding hydrogens is 253 g/mol. The van der Waals surface area contributed by atoms with Gasteiger partial charge in [-0.15, -0.1) is 0 Å². The van der Waals surface area contributed by atoms with Crippen LogP contribution in [0.25, 0.3) is 0 Å². The monoisotopic (exact) mass is 261 g/mol. The van der Waals surface area contributed by atoms with E-state index < -0.39 is 11.9 Å². The molecule has 2 rings (SSSR count). The molecule has 0 aliphatic heterocycles. The van der Waals surface area contributed by atoms with Crippen LogP contribution in [0.1, 0.15) is 22.8 Å². The Morgan fingerprint density at radius 1 is 1.22 bits per heavy atom. The average molecular weight is 262 g/mol. The van der Waals surface area contributed by atoms with E-state index >= 15 is 0 Å². The van der Waals surface area contributed by atoms with Gasteiger partial charge in [-0.2, -0.15) is 5.26 Å². The lowest BCUT2D eigenvalue weighted by Gasteiger charge is -2.12. The number of hydrogen-bond donors (Lipinski definition) is 1. The zero-order chi connectivity index (χ0) is 13.1.